The smallest absolute Gasteiger partial charge is 0.330 e. The molecular weight excluding hydrogens is 343 g/mol. The molecule has 3 N–H and O–H groups in total. The van der Waals surface area contributed by atoms with Crippen molar-refractivity contribution < 1.29 is 14.9 Å². The molecule has 0 amide bonds. The molecule has 1 fully saturated rings. The number of aliphatic hydroxyl groups is 2. The number of nitrogens with one attached hydrogen (secondary N) is 1. The Labute approximate surface area is 146 Å². The number of nitrogens with zero attached hydrogens (tertiary/aromatic N) is 1. The summed E-state index contributed by atoms with van der Waals surface area (Å²) in [5, 5.41) is 20.6. The summed E-state index contributed by atoms with van der Waals surface area (Å²) in [6.45, 7) is 4.81. The van der Waals surface area contributed by atoms with Crippen molar-refractivity contribution in [1.82, 2.24) is 9.55 Å². The number of aromatic nitrogens is 2. The summed E-state index contributed by atoms with van der Waals surface area (Å²) in [7, 11) is 0. The Hall–Kier alpha value is -1.40. The summed E-state index contributed by atoms with van der Waals surface area (Å²) in [6, 6.07) is 0. The van der Waals surface area contributed by atoms with Crippen molar-refractivity contribution in [2.24, 2.45) is 0 Å². The Morgan fingerprint density at radius 1 is 1.36 bits per heavy atom. The van der Waals surface area contributed by atoms with Gasteiger partial charge in [0.05, 0.1) is 11.7 Å². The standard InChI is InChI=1S/C17H27N2O5P/c1-5-6-7-11-10-19(17(23)18-15(11)22)16-14(21)13(20)12(24-16)8-9-25(2,3)4/h6-7,10,12-14,16,20-21H,2,5,8-9H2,1,3-4H3,(H,18,22,23)/b7-6+/t12-,13-,14-,16?/m1/s1. The SMILES string of the molecule is C=P(C)(C)CC[C@H]1OC(n2cc(/C=C/CC)c(=O)[nH]c2=O)[C@H](O)[C@@H]1O. The van der Waals surface area contributed by atoms with Crippen molar-refractivity contribution in [2.75, 3.05) is 19.5 Å². The summed E-state index contributed by atoms with van der Waals surface area (Å²) < 4.78 is 6.89. The van der Waals surface area contributed by atoms with Gasteiger partial charge in [0, 0.05) is 6.20 Å². The van der Waals surface area contributed by atoms with Crippen molar-refractivity contribution in [3.8, 4) is 0 Å². The molecule has 1 aliphatic rings. The Bertz CT molecular complexity index is 791. The maximum absolute atomic E-state index is 12.1. The third kappa shape index (κ3) is 4.82. The minimum absolute atomic E-state index is 0.292. The number of rotatable bonds is 6. The quantitative estimate of drug-likeness (QED) is 0.639. The Kier molecular flexibility index (Phi) is 6.27. The van der Waals surface area contributed by atoms with Crippen LogP contribution in [0.25, 0.3) is 6.08 Å². The van der Waals surface area contributed by atoms with Crippen molar-refractivity contribution >= 4 is 19.3 Å². The molecule has 8 heteroatoms. The van der Waals surface area contributed by atoms with Crippen LogP contribution in [0, 0.1) is 0 Å². The molecule has 2 heterocycles. The highest BCUT2D eigenvalue weighted by molar-refractivity contribution is 7.72. The molecule has 4 atom stereocenters. The highest BCUT2D eigenvalue weighted by Gasteiger charge is 2.43. The summed E-state index contributed by atoms with van der Waals surface area (Å²) in [5.41, 5.74) is -0.889. The minimum Gasteiger partial charge on any atom is -0.388 e. The fourth-order valence-electron chi connectivity index (χ4n) is 2.73. The minimum atomic E-state index is -1.29. The molecular formula is C17H27N2O5P. The van der Waals surface area contributed by atoms with Crippen LogP contribution in [0.3, 0.4) is 0 Å². The van der Waals surface area contributed by atoms with Crippen LogP contribution in [-0.2, 0) is 4.74 Å². The largest absolute Gasteiger partial charge is 0.388 e. The maximum atomic E-state index is 12.1. The summed E-state index contributed by atoms with van der Waals surface area (Å²) in [4.78, 5) is 26.2. The molecule has 0 spiro atoms. The van der Waals surface area contributed by atoms with Gasteiger partial charge in [0.15, 0.2) is 6.23 Å². The molecule has 140 valence electrons. The van der Waals surface area contributed by atoms with Gasteiger partial charge in [-0.3, -0.25) is 14.3 Å². The van der Waals surface area contributed by atoms with E-state index in [1.165, 1.54) is 6.20 Å². The van der Waals surface area contributed by atoms with Gasteiger partial charge in [-0.2, -0.15) is 0 Å². The fraction of sp³-hybridized carbons (Fsp3) is 0.588. The van der Waals surface area contributed by atoms with Crippen LogP contribution in [-0.4, -0.2) is 63.9 Å². The lowest BCUT2D eigenvalue weighted by molar-refractivity contribution is -0.0402. The highest BCUT2D eigenvalue weighted by atomic mass is 31.2. The molecule has 1 saturated heterocycles. The molecule has 0 aromatic carbocycles. The molecule has 1 aromatic rings. The monoisotopic (exact) mass is 370 g/mol. The van der Waals surface area contributed by atoms with Gasteiger partial charge < -0.3 is 14.9 Å². The lowest BCUT2D eigenvalue weighted by Gasteiger charge is -2.19. The van der Waals surface area contributed by atoms with Gasteiger partial charge in [0.25, 0.3) is 5.56 Å². The molecule has 1 aliphatic heterocycles. The molecule has 0 aliphatic carbocycles. The second kappa shape index (κ2) is 7.87. The zero-order chi connectivity index (χ0) is 18.8. The summed E-state index contributed by atoms with van der Waals surface area (Å²) in [6.07, 6.45) is 7.04. The normalized spacial score (nSPS) is 27.2. The number of allylic oxidation sites excluding steroid dienone is 1. The van der Waals surface area contributed by atoms with Crippen LogP contribution in [0.15, 0.2) is 21.9 Å². The average molecular weight is 370 g/mol. The predicted molar refractivity (Wildman–Crippen MR) is 102 cm³/mol. The van der Waals surface area contributed by atoms with Gasteiger partial charge in [-0.05, 0) is 32.3 Å². The van der Waals surface area contributed by atoms with E-state index in [4.69, 9.17) is 4.74 Å². The lowest BCUT2D eigenvalue weighted by Crippen LogP contribution is -2.38. The van der Waals surface area contributed by atoms with Gasteiger partial charge in [-0.25, -0.2) is 4.79 Å². The molecule has 7 nitrogen and oxygen atoms in total. The summed E-state index contributed by atoms with van der Waals surface area (Å²) in [5.74, 6) is 0. The van der Waals surface area contributed by atoms with E-state index in [1.54, 1.807) is 12.2 Å². The molecule has 0 radical (unpaired) electrons. The molecule has 25 heavy (non-hydrogen) atoms. The number of aromatic amines is 1. The van der Waals surface area contributed by atoms with Gasteiger partial charge in [-0.1, -0.05) is 19.1 Å². The first-order chi connectivity index (χ1) is 11.6. The van der Waals surface area contributed by atoms with Crippen LogP contribution in [0.5, 0.6) is 0 Å². The van der Waals surface area contributed by atoms with Crippen LogP contribution in [0.1, 0.15) is 31.6 Å². The van der Waals surface area contributed by atoms with E-state index < -0.39 is 42.7 Å². The molecule has 1 aromatic heterocycles. The Morgan fingerprint density at radius 3 is 2.64 bits per heavy atom. The van der Waals surface area contributed by atoms with E-state index in [2.05, 4.69) is 24.6 Å². The first-order valence-electron chi connectivity index (χ1n) is 8.35. The first kappa shape index (κ1) is 19.9. The highest BCUT2D eigenvalue weighted by Crippen LogP contribution is 2.39. The number of aliphatic hydroxyl groups excluding tert-OH is 2. The van der Waals surface area contributed by atoms with Crippen molar-refractivity contribution in [3.05, 3.63) is 38.7 Å². The average Bonchev–Trinajstić information content (AvgIpc) is 2.80. The number of hydrogen-bond donors (Lipinski definition) is 3. The maximum Gasteiger partial charge on any atom is 0.330 e. The lowest BCUT2D eigenvalue weighted by atomic mass is 10.1. The third-order valence-corrected chi connectivity index (χ3v) is 5.63. The topological polar surface area (TPSA) is 105 Å². The second-order valence-electron chi connectivity index (χ2n) is 7.06. The Balaban J connectivity index is 2.29. The van der Waals surface area contributed by atoms with Crippen molar-refractivity contribution in [3.63, 3.8) is 0 Å². The van der Waals surface area contributed by atoms with E-state index in [0.29, 0.717) is 12.0 Å². The predicted octanol–water partition coefficient (Wildman–Crippen LogP) is 0.678. The van der Waals surface area contributed by atoms with Crippen LogP contribution in [0.2, 0.25) is 0 Å². The molecule has 0 bridgehead atoms. The molecule has 2 rings (SSSR count). The van der Waals surface area contributed by atoms with Crippen molar-refractivity contribution in [1.29, 1.82) is 0 Å². The van der Waals surface area contributed by atoms with Gasteiger partial charge >= 0.3 is 5.69 Å². The molecule has 1 unspecified atom stereocenters. The third-order valence-electron chi connectivity index (χ3n) is 4.16. The van der Waals surface area contributed by atoms with Crippen LogP contribution in [0.4, 0.5) is 0 Å². The number of H-pyrrole nitrogens is 1. The van der Waals surface area contributed by atoms with E-state index in [1.807, 2.05) is 6.92 Å². The zero-order valence-electron chi connectivity index (χ0n) is 14.9. The second-order valence-corrected chi connectivity index (χ2v) is 11.4. The fourth-order valence-corrected chi connectivity index (χ4v) is 3.68. The van der Waals surface area contributed by atoms with Gasteiger partial charge in [-0.15, -0.1) is 13.2 Å². The van der Waals surface area contributed by atoms with E-state index in [-0.39, 0.29) is 0 Å². The molecule has 0 saturated carbocycles. The number of ether oxygens (including phenoxy) is 1. The Morgan fingerprint density at radius 2 is 2.04 bits per heavy atom. The van der Waals surface area contributed by atoms with Gasteiger partial charge in [0.2, 0.25) is 0 Å². The first-order valence-corrected chi connectivity index (χ1v) is 11.4. The van der Waals surface area contributed by atoms with E-state index in [9.17, 15) is 19.8 Å². The van der Waals surface area contributed by atoms with Crippen molar-refractivity contribution in [2.45, 2.75) is 44.3 Å². The van der Waals surface area contributed by atoms with E-state index >= 15 is 0 Å². The van der Waals surface area contributed by atoms with Crippen LogP contribution < -0.4 is 11.2 Å². The van der Waals surface area contributed by atoms with Gasteiger partial charge in [0.1, 0.15) is 12.2 Å². The summed E-state index contributed by atoms with van der Waals surface area (Å²) >= 11 is 0. The zero-order valence-corrected chi connectivity index (χ0v) is 15.8. The van der Waals surface area contributed by atoms with E-state index in [0.717, 1.165) is 17.1 Å². The number of hydrogen-bond acceptors (Lipinski definition) is 5. The van der Waals surface area contributed by atoms with Crippen LogP contribution >= 0.6 is 6.89 Å².